The molecule has 1 aromatic heterocycles. The number of ketones is 1. The lowest BCUT2D eigenvalue weighted by molar-refractivity contribution is -0.124. The van der Waals surface area contributed by atoms with Crippen molar-refractivity contribution in [3.8, 4) is 5.88 Å². The van der Waals surface area contributed by atoms with E-state index in [-0.39, 0.29) is 34.6 Å². The van der Waals surface area contributed by atoms with Crippen molar-refractivity contribution < 1.29 is 14.3 Å². The number of Topliss-reactive ketones (excluding diaryl/α,β-unsaturated/α-hetero) is 1. The van der Waals surface area contributed by atoms with Crippen molar-refractivity contribution in [1.29, 1.82) is 0 Å². The lowest BCUT2D eigenvalue weighted by atomic mass is 9.62. The predicted octanol–water partition coefficient (Wildman–Crippen LogP) is 1.95. The van der Waals surface area contributed by atoms with Crippen LogP contribution in [0.2, 0.25) is 0 Å². The van der Waals surface area contributed by atoms with Crippen LogP contribution in [0.1, 0.15) is 48.9 Å². The van der Waals surface area contributed by atoms with E-state index in [4.69, 9.17) is 4.74 Å². The zero-order chi connectivity index (χ0) is 21.6. The average molecular weight is 407 g/mol. The topological polar surface area (TPSA) is 121 Å². The van der Waals surface area contributed by atoms with E-state index in [1.807, 2.05) is 39.8 Å². The van der Waals surface area contributed by atoms with Crippen LogP contribution in [0, 0.1) is 19.3 Å². The van der Waals surface area contributed by atoms with Crippen molar-refractivity contribution in [3.63, 3.8) is 0 Å². The Morgan fingerprint density at radius 1 is 1.00 bits per heavy atom. The Balaban J connectivity index is 1.98. The fourth-order valence-corrected chi connectivity index (χ4v) is 5.16. The van der Waals surface area contributed by atoms with Crippen LogP contribution in [0.4, 0.5) is 5.69 Å². The van der Waals surface area contributed by atoms with Gasteiger partial charge in [0.1, 0.15) is 16.7 Å². The summed E-state index contributed by atoms with van der Waals surface area (Å²) in [6, 6.07) is 3.74. The van der Waals surface area contributed by atoms with Crippen LogP contribution in [0.25, 0.3) is 0 Å². The number of benzene rings is 1. The number of fused-ring (bicyclic) bond motifs is 5. The van der Waals surface area contributed by atoms with Gasteiger partial charge in [0.15, 0.2) is 5.78 Å². The summed E-state index contributed by atoms with van der Waals surface area (Å²) in [6.07, 6.45) is 0.623. The molecule has 1 aliphatic carbocycles. The van der Waals surface area contributed by atoms with E-state index in [0.717, 1.165) is 11.1 Å². The number of aromatic amines is 2. The molecule has 8 heteroatoms. The molecule has 3 N–H and O–H groups in total. The quantitative estimate of drug-likeness (QED) is 0.616. The minimum Gasteiger partial charge on any atom is -0.444 e. The normalized spacial score (nSPS) is 23.6. The zero-order valence-corrected chi connectivity index (χ0v) is 17.1. The molecule has 30 heavy (non-hydrogen) atoms. The third-order valence-corrected chi connectivity index (χ3v) is 6.18. The fraction of sp³-hybridized carbons (Fsp3) is 0.364. The summed E-state index contributed by atoms with van der Waals surface area (Å²) in [5.41, 5.74) is -0.573. The molecule has 0 saturated heterocycles. The number of aryl methyl sites for hydroxylation is 2. The number of rotatable bonds is 0. The third kappa shape index (κ3) is 2.21. The van der Waals surface area contributed by atoms with Crippen LogP contribution >= 0.6 is 0 Å². The van der Waals surface area contributed by atoms with Gasteiger partial charge in [0.2, 0.25) is 11.8 Å². The first-order valence-electron chi connectivity index (χ1n) is 9.79. The summed E-state index contributed by atoms with van der Waals surface area (Å²) in [6.45, 7) is 7.64. The Labute approximate surface area is 171 Å². The van der Waals surface area contributed by atoms with Crippen LogP contribution in [0.5, 0.6) is 5.88 Å². The summed E-state index contributed by atoms with van der Waals surface area (Å²) in [5, 5.41) is 2.88. The zero-order valence-electron chi connectivity index (χ0n) is 17.1. The van der Waals surface area contributed by atoms with Crippen LogP contribution in [0.3, 0.4) is 0 Å². The average Bonchev–Trinajstić information content (AvgIpc) is 2.86. The highest BCUT2D eigenvalue weighted by Gasteiger charge is 2.61. The molecule has 1 amide bonds. The number of hydrogen-bond acceptors (Lipinski definition) is 5. The van der Waals surface area contributed by atoms with Gasteiger partial charge in [-0.25, -0.2) is 4.79 Å². The minimum atomic E-state index is -1.67. The van der Waals surface area contributed by atoms with E-state index in [1.165, 1.54) is 0 Å². The number of aromatic nitrogens is 2. The van der Waals surface area contributed by atoms with E-state index in [2.05, 4.69) is 15.3 Å². The molecule has 2 aromatic rings. The summed E-state index contributed by atoms with van der Waals surface area (Å²) >= 11 is 0. The standard InChI is InChI=1S/C22H21N3O5/c1-9-5-10(2)16-11(6-9)22(19(28)23-16)14-12(26)7-21(3,4)8-13(14)30-18-15(22)17(27)24-20(29)25-18/h5-6H,7-8H2,1-4H3,(H,23,28)(H2,24,25,27,29). The molecule has 8 nitrogen and oxygen atoms in total. The Morgan fingerprint density at radius 3 is 2.47 bits per heavy atom. The molecule has 1 spiro atoms. The molecule has 3 aliphatic rings. The number of hydrogen-bond donors (Lipinski definition) is 3. The summed E-state index contributed by atoms with van der Waals surface area (Å²) < 4.78 is 5.92. The van der Waals surface area contributed by atoms with E-state index in [0.29, 0.717) is 23.4 Å². The molecule has 1 unspecified atom stereocenters. The van der Waals surface area contributed by atoms with Crippen molar-refractivity contribution >= 4 is 17.4 Å². The molecular weight excluding hydrogens is 386 g/mol. The van der Waals surface area contributed by atoms with Gasteiger partial charge in [-0.1, -0.05) is 31.5 Å². The number of carbonyl (C=O) groups is 2. The maximum absolute atomic E-state index is 13.6. The molecule has 2 aliphatic heterocycles. The predicted molar refractivity (Wildman–Crippen MR) is 109 cm³/mol. The van der Waals surface area contributed by atoms with Crippen LogP contribution in [-0.2, 0) is 15.0 Å². The molecule has 3 heterocycles. The molecule has 5 rings (SSSR count). The number of allylic oxidation sites excluding steroid dienone is 1. The van der Waals surface area contributed by atoms with Gasteiger partial charge in [0.25, 0.3) is 5.56 Å². The first-order chi connectivity index (χ1) is 14.0. The van der Waals surface area contributed by atoms with Crippen LogP contribution in [0.15, 0.2) is 33.1 Å². The molecule has 0 radical (unpaired) electrons. The Bertz CT molecular complexity index is 1330. The Morgan fingerprint density at radius 2 is 1.73 bits per heavy atom. The molecule has 0 fully saturated rings. The highest BCUT2D eigenvalue weighted by atomic mass is 16.5. The molecule has 154 valence electrons. The fourth-order valence-electron chi connectivity index (χ4n) is 5.16. The van der Waals surface area contributed by atoms with Gasteiger partial charge in [-0.3, -0.25) is 24.4 Å². The van der Waals surface area contributed by atoms with Crippen LogP contribution < -0.4 is 21.3 Å². The number of anilines is 1. The Kier molecular flexibility index (Phi) is 3.47. The first kappa shape index (κ1) is 18.6. The number of carbonyl (C=O) groups excluding carboxylic acids is 2. The second-order valence-corrected chi connectivity index (χ2v) is 9.16. The maximum Gasteiger partial charge on any atom is 0.328 e. The van der Waals surface area contributed by atoms with Crippen molar-refractivity contribution in [2.45, 2.75) is 46.0 Å². The van der Waals surface area contributed by atoms with Crippen molar-refractivity contribution in [2.24, 2.45) is 5.41 Å². The highest BCUT2D eigenvalue weighted by molar-refractivity contribution is 6.19. The van der Waals surface area contributed by atoms with Crippen molar-refractivity contribution in [3.05, 3.63) is 66.6 Å². The monoisotopic (exact) mass is 407 g/mol. The van der Waals surface area contributed by atoms with Crippen LogP contribution in [-0.4, -0.2) is 21.7 Å². The van der Waals surface area contributed by atoms with Gasteiger partial charge in [-0.2, -0.15) is 0 Å². The Hall–Kier alpha value is -3.42. The molecule has 0 saturated carbocycles. The molecule has 0 bridgehead atoms. The van der Waals surface area contributed by atoms with Gasteiger partial charge in [0.05, 0.1) is 5.57 Å². The minimum absolute atomic E-state index is 0.0600. The second kappa shape index (κ2) is 5.59. The van der Waals surface area contributed by atoms with Gasteiger partial charge in [0, 0.05) is 24.1 Å². The first-order valence-corrected chi connectivity index (χ1v) is 9.79. The lowest BCUT2D eigenvalue weighted by Crippen LogP contribution is -2.51. The molecule has 1 atom stereocenters. The summed E-state index contributed by atoms with van der Waals surface area (Å²) in [4.78, 5) is 56.8. The van der Waals surface area contributed by atoms with Gasteiger partial charge in [-0.05, 0) is 24.8 Å². The number of H-pyrrole nitrogens is 2. The summed E-state index contributed by atoms with van der Waals surface area (Å²) in [5.74, 6) is -0.490. The molecular formula is C22H21N3O5. The second-order valence-electron chi connectivity index (χ2n) is 9.16. The largest absolute Gasteiger partial charge is 0.444 e. The number of amides is 1. The molecule has 1 aromatic carbocycles. The van der Waals surface area contributed by atoms with E-state index < -0.39 is 22.6 Å². The lowest BCUT2D eigenvalue weighted by Gasteiger charge is -2.41. The maximum atomic E-state index is 13.6. The smallest absolute Gasteiger partial charge is 0.328 e. The van der Waals surface area contributed by atoms with E-state index >= 15 is 0 Å². The highest BCUT2D eigenvalue weighted by Crippen LogP contribution is 2.56. The van der Waals surface area contributed by atoms with E-state index in [9.17, 15) is 19.2 Å². The van der Waals surface area contributed by atoms with Gasteiger partial charge >= 0.3 is 5.69 Å². The van der Waals surface area contributed by atoms with E-state index in [1.54, 1.807) is 0 Å². The van der Waals surface area contributed by atoms with Crippen molar-refractivity contribution in [2.75, 3.05) is 5.32 Å². The SMILES string of the molecule is Cc1cc(C)c2c(c1)C1(C(=O)N2)C2=C(CC(C)(C)CC2=O)Oc2[nH]c(=O)[nH]c(=O)c21. The van der Waals surface area contributed by atoms with Gasteiger partial charge in [-0.15, -0.1) is 0 Å². The van der Waals surface area contributed by atoms with Crippen molar-refractivity contribution in [1.82, 2.24) is 9.97 Å². The van der Waals surface area contributed by atoms with Gasteiger partial charge < -0.3 is 10.1 Å². The number of ether oxygens (including phenoxy) is 1. The number of nitrogens with one attached hydrogen (secondary N) is 3. The summed E-state index contributed by atoms with van der Waals surface area (Å²) in [7, 11) is 0. The third-order valence-electron chi connectivity index (χ3n) is 6.18.